The zero-order chi connectivity index (χ0) is 13.1. The van der Waals surface area contributed by atoms with Crippen molar-refractivity contribution in [3.05, 3.63) is 28.5 Å². The summed E-state index contributed by atoms with van der Waals surface area (Å²) < 4.78 is 5.63. The van der Waals surface area contributed by atoms with Gasteiger partial charge in [0.15, 0.2) is 10.8 Å². The number of thiazole rings is 1. The molecular weight excluding hydrogens is 244 g/mol. The molecule has 2 aromatic heterocycles. The molecule has 98 valence electrons. The molecule has 0 amide bonds. The van der Waals surface area contributed by atoms with E-state index in [1.807, 2.05) is 19.1 Å². The number of furan rings is 1. The van der Waals surface area contributed by atoms with Crippen LogP contribution < -0.4 is 5.32 Å². The Balaban J connectivity index is 2.21. The van der Waals surface area contributed by atoms with Crippen LogP contribution in [0.4, 0.5) is 0 Å². The van der Waals surface area contributed by atoms with Crippen molar-refractivity contribution in [3.63, 3.8) is 0 Å². The van der Waals surface area contributed by atoms with Crippen LogP contribution in [0, 0.1) is 13.8 Å². The van der Waals surface area contributed by atoms with E-state index in [4.69, 9.17) is 4.42 Å². The van der Waals surface area contributed by atoms with Crippen LogP contribution in [0.1, 0.15) is 42.6 Å². The van der Waals surface area contributed by atoms with Crippen molar-refractivity contribution >= 4 is 11.3 Å². The van der Waals surface area contributed by atoms with Crippen LogP contribution >= 0.6 is 11.3 Å². The molecule has 0 fully saturated rings. The third-order valence-corrected chi connectivity index (χ3v) is 4.23. The molecule has 0 aliphatic heterocycles. The normalized spacial score (nSPS) is 12.9. The molecule has 1 atom stereocenters. The summed E-state index contributed by atoms with van der Waals surface area (Å²) in [4.78, 5) is 5.91. The molecule has 2 aromatic rings. The van der Waals surface area contributed by atoms with Gasteiger partial charge in [-0.15, -0.1) is 11.3 Å². The summed E-state index contributed by atoms with van der Waals surface area (Å²) >= 11 is 1.72. The fourth-order valence-electron chi connectivity index (χ4n) is 1.92. The molecule has 0 spiro atoms. The van der Waals surface area contributed by atoms with Gasteiger partial charge in [-0.2, -0.15) is 0 Å². The average molecular weight is 264 g/mol. The summed E-state index contributed by atoms with van der Waals surface area (Å²) in [5.41, 5.74) is 1.10. The number of aromatic nitrogens is 1. The maximum absolute atomic E-state index is 5.63. The summed E-state index contributed by atoms with van der Waals surface area (Å²) in [7, 11) is 0. The van der Waals surface area contributed by atoms with E-state index in [1.54, 1.807) is 11.3 Å². The highest BCUT2D eigenvalue weighted by Crippen LogP contribution is 2.32. The topological polar surface area (TPSA) is 38.1 Å². The lowest BCUT2D eigenvalue weighted by molar-refractivity contribution is 0.548. The number of aryl methyl sites for hydroxylation is 2. The molecule has 1 unspecified atom stereocenters. The third-order valence-electron chi connectivity index (χ3n) is 2.88. The summed E-state index contributed by atoms with van der Waals surface area (Å²) in [5.74, 6) is 1.80. The first kappa shape index (κ1) is 13.3. The van der Waals surface area contributed by atoms with E-state index < -0.39 is 0 Å². The lowest BCUT2D eigenvalue weighted by atomic mass is 10.2. The highest BCUT2D eigenvalue weighted by molar-refractivity contribution is 7.15. The predicted molar refractivity (Wildman–Crippen MR) is 76.0 cm³/mol. The minimum Gasteiger partial charge on any atom is -0.459 e. The first-order valence-corrected chi connectivity index (χ1v) is 7.21. The Morgan fingerprint density at radius 2 is 2.17 bits per heavy atom. The number of nitrogens with one attached hydrogen (secondary N) is 1. The minimum atomic E-state index is 0.354. The maximum atomic E-state index is 5.63. The van der Waals surface area contributed by atoms with Crippen LogP contribution in [0.3, 0.4) is 0 Å². The Labute approximate surface area is 112 Å². The van der Waals surface area contributed by atoms with E-state index in [1.165, 1.54) is 4.88 Å². The first-order valence-electron chi connectivity index (χ1n) is 6.39. The van der Waals surface area contributed by atoms with Crippen molar-refractivity contribution in [2.45, 2.75) is 40.2 Å². The van der Waals surface area contributed by atoms with Gasteiger partial charge in [0, 0.05) is 10.9 Å². The zero-order valence-electron chi connectivity index (χ0n) is 11.4. The molecule has 0 bridgehead atoms. The van der Waals surface area contributed by atoms with Gasteiger partial charge in [-0.05, 0) is 45.9 Å². The van der Waals surface area contributed by atoms with E-state index in [2.05, 4.69) is 31.1 Å². The van der Waals surface area contributed by atoms with Crippen LogP contribution in [-0.4, -0.2) is 11.5 Å². The molecule has 2 rings (SSSR count). The zero-order valence-corrected chi connectivity index (χ0v) is 12.2. The summed E-state index contributed by atoms with van der Waals surface area (Å²) in [5, 5.41) is 4.47. The maximum Gasteiger partial charge on any atom is 0.162 e. The lowest BCUT2D eigenvalue weighted by Crippen LogP contribution is -2.18. The molecule has 2 heterocycles. The molecule has 3 nitrogen and oxygen atoms in total. The van der Waals surface area contributed by atoms with Crippen molar-refractivity contribution in [2.75, 3.05) is 6.54 Å². The van der Waals surface area contributed by atoms with Gasteiger partial charge in [0.05, 0.1) is 5.69 Å². The molecule has 0 saturated heterocycles. The number of rotatable bonds is 5. The van der Waals surface area contributed by atoms with Gasteiger partial charge in [0.25, 0.3) is 0 Å². The molecule has 0 radical (unpaired) electrons. The van der Waals surface area contributed by atoms with Crippen molar-refractivity contribution in [3.8, 4) is 10.8 Å². The van der Waals surface area contributed by atoms with Crippen molar-refractivity contribution in [1.29, 1.82) is 0 Å². The highest BCUT2D eigenvalue weighted by Gasteiger charge is 2.16. The number of nitrogens with zero attached hydrogens (tertiary/aromatic N) is 1. The monoisotopic (exact) mass is 264 g/mol. The third kappa shape index (κ3) is 2.82. The number of hydrogen-bond donors (Lipinski definition) is 1. The van der Waals surface area contributed by atoms with Crippen LogP contribution in [0.2, 0.25) is 0 Å². The Morgan fingerprint density at radius 3 is 2.78 bits per heavy atom. The van der Waals surface area contributed by atoms with Gasteiger partial charge in [0.2, 0.25) is 0 Å². The Morgan fingerprint density at radius 1 is 1.39 bits per heavy atom. The Hall–Kier alpha value is -1.13. The van der Waals surface area contributed by atoms with Crippen LogP contribution in [0.25, 0.3) is 10.8 Å². The standard InChI is InChI=1S/C14H20N2OS/c1-5-8-15-10(3)13-11(4)16-14(18-13)12-7-6-9(2)17-12/h6-7,10,15H,5,8H2,1-4H3. The van der Waals surface area contributed by atoms with Crippen LogP contribution in [0.5, 0.6) is 0 Å². The van der Waals surface area contributed by atoms with E-state index >= 15 is 0 Å². The van der Waals surface area contributed by atoms with E-state index in [0.29, 0.717) is 6.04 Å². The fraction of sp³-hybridized carbons (Fsp3) is 0.500. The predicted octanol–water partition coefficient (Wildman–Crippen LogP) is 4.08. The van der Waals surface area contributed by atoms with Crippen LogP contribution in [0.15, 0.2) is 16.5 Å². The van der Waals surface area contributed by atoms with E-state index in [0.717, 1.165) is 35.2 Å². The largest absolute Gasteiger partial charge is 0.459 e. The fourth-order valence-corrected chi connectivity index (χ4v) is 2.97. The number of hydrogen-bond acceptors (Lipinski definition) is 4. The molecule has 0 aliphatic carbocycles. The Kier molecular flexibility index (Phi) is 4.19. The van der Waals surface area contributed by atoms with Crippen molar-refractivity contribution in [1.82, 2.24) is 10.3 Å². The van der Waals surface area contributed by atoms with Crippen LogP contribution in [-0.2, 0) is 0 Å². The minimum absolute atomic E-state index is 0.354. The molecular formula is C14H20N2OS. The van der Waals surface area contributed by atoms with E-state index in [9.17, 15) is 0 Å². The molecule has 0 aromatic carbocycles. The quantitative estimate of drug-likeness (QED) is 0.884. The highest BCUT2D eigenvalue weighted by atomic mass is 32.1. The lowest BCUT2D eigenvalue weighted by Gasteiger charge is -2.11. The summed E-state index contributed by atoms with van der Waals surface area (Å²) in [6, 6.07) is 4.32. The van der Waals surface area contributed by atoms with Crippen molar-refractivity contribution < 1.29 is 4.42 Å². The molecule has 0 aliphatic rings. The summed E-state index contributed by atoms with van der Waals surface area (Å²) in [6.07, 6.45) is 1.15. The second-order valence-electron chi connectivity index (χ2n) is 4.55. The van der Waals surface area contributed by atoms with Gasteiger partial charge in [0.1, 0.15) is 5.76 Å². The van der Waals surface area contributed by atoms with E-state index in [-0.39, 0.29) is 0 Å². The van der Waals surface area contributed by atoms with Gasteiger partial charge < -0.3 is 9.73 Å². The smallest absolute Gasteiger partial charge is 0.162 e. The second kappa shape index (κ2) is 5.67. The molecule has 1 N–H and O–H groups in total. The SMILES string of the molecule is CCCNC(C)c1sc(-c2ccc(C)o2)nc1C. The molecule has 18 heavy (non-hydrogen) atoms. The molecule has 4 heteroatoms. The van der Waals surface area contributed by atoms with Gasteiger partial charge in [-0.1, -0.05) is 6.92 Å². The van der Waals surface area contributed by atoms with Crippen molar-refractivity contribution in [2.24, 2.45) is 0 Å². The van der Waals surface area contributed by atoms with Gasteiger partial charge in [-0.25, -0.2) is 4.98 Å². The molecule has 0 saturated carbocycles. The second-order valence-corrected chi connectivity index (χ2v) is 5.59. The summed E-state index contributed by atoms with van der Waals surface area (Å²) in [6.45, 7) is 9.42. The van der Waals surface area contributed by atoms with Gasteiger partial charge >= 0.3 is 0 Å². The average Bonchev–Trinajstić information content (AvgIpc) is 2.92. The Bertz CT molecular complexity index is 516. The first-order chi connectivity index (χ1) is 8.61. The van der Waals surface area contributed by atoms with Gasteiger partial charge in [-0.3, -0.25) is 0 Å².